The lowest BCUT2D eigenvalue weighted by atomic mass is 10.0. The van der Waals surface area contributed by atoms with Crippen molar-refractivity contribution < 1.29 is 9.59 Å². The summed E-state index contributed by atoms with van der Waals surface area (Å²) in [6.07, 6.45) is -0.0636. The number of nitrogens with zero attached hydrogens (tertiary/aromatic N) is 1. The number of hydrogen-bond acceptors (Lipinski definition) is 2. The number of carbonyl (C=O) groups excluding carboxylic acids is 2. The van der Waals surface area contributed by atoms with Gasteiger partial charge in [0.1, 0.15) is 6.42 Å². The lowest BCUT2D eigenvalue weighted by Crippen LogP contribution is -2.35. The molecule has 0 radical (unpaired) electrons. The van der Waals surface area contributed by atoms with Crippen LogP contribution >= 0.6 is 0 Å². The van der Waals surface area contributed by atoms with E-state index >= 15 is 0 Å². The van der Waals surface area contributed by atoms with Gasteiger partial charge in [0, 0.05) is 0 Å². The van der Waals surface area contributed by atoms with E-state index in [2.05, 4.69) is 19.3 Å². The number of amides is 2. The molecule has 0 aliphatic carbocycles. The molecule has 1 N–H and O–H groups in total. The Morgan fingerprint density at radius 3 is 2.25 bits per heavy atom. The Bertz CT molecular complexity index is 423. The van der Waals surface area contributed by atoms with Crippen LogP contribution in [-0.2, 0) is 9.59 Å². The van der Waals surface area contributed by atoms with Crippen LogP contribution in [0.25, 0.3) is 0 Å². The quantitative estimate of drug-likeness (QED) is 0.766. The van der Waals surface area contributed by atoms with Gasteiger partial charge in [0.15, 0.2) is 0 Å². The maximum Gasteiger partial charge on any atom is 0.255 e. The summed E-state index contributed by atoms with van der Waals surface area (Å²) in [5.41, 5.74) is 4.43. The van der Waals surface area contributed by atoms with E-state index < -0.39 is 0 Å². The Morgan fingerprint density at radius 1 is 1.19 bits per heavy atom. The van der Waals surface area contributed by atoms with Gasteiger partial charge in [0.2, 0.25) is 5.91 Å². The van der Waals surface area contributed by atoms with Crippen molar-refractivity contribution in [3.63, 3.8) is 0 Å². The number of rotatable bonds is 2. The largest absolute Gasteiger partial charge is 0.273 e. The van der Waals surface area contributed by atoms with Gasteiger partial charge in [-0.05, 0) is 23.6 Å². The average Bonchev–Trinajstić information content (AvgIpc) is 2.58. The molecule has 0 aromatic heterocycles. The van der Waals surface area contributed by atoms with Gasteiger partial charge in [-0.25, -0.2) is 5.01 Å². The van der Waals surface area contributed by atoms with Crippen molar-refractivity contribution in [1.29, 1.82) is 0 Å². The van der Waals surface area contributed by atoms with Crippen LogP contribution in [0.15, 0.2) is 24.3 Å². The number of hydrazine groups is 1. The highest BCUT2D eigenvalue weighted by Gasteiger charge is 2.27. The van der Waals surface area contributed by atoms with Gasteiger partial charge in [-0.3, -0.25) is 15.0 Å². The fraction of sp³-hybridized carbons (Fsp3) is 0.333. The van der Waals surface area contributed by atoms with Gasteiger partial charge >= 0.3 is 0 Å². The van der Waals surface area contributed by atoms with Crippen molar-refractivity contribution in [3.8, 4) is 0 Å². The van der Waals surface area contributed by atoms with Crippen LogP contribution in [-0.4, -0.2) is 11.8 Å². The smallest absolute Gasteiger partial charge is 0.255 e. The summed E-state index contributed by atoms with van der Waals surface area (Å²) in [6, 6.07) is 7.63. The molecular weight excluding hydrogens is 204 g/mol. The predicted octanol–water partition coefficient (Wildman–Crippen LogP) is 1.58. The van der Waals surface area contributed by atoms with Crippen LogP contribution in [0.5, 0.6) is 0 Å². The molecule has 4 nitrogen and oxygen atoms in total. The second kappa shape index (κ2) is 3.96. The Morgan fingerprint density at radius 2 is 1.81 bits per heavy atom. The summed E-state index contributed by atoms with van der Waals surface area (Å²) in [5.74, 6) is -0.00171. The molecule has 1 saturated heterocycles. The summed E-state index contributed by atoms with van der Waals surface area (Å²) in [7, 11) is 0. The number of nitrogens with one attached hydrogen (secondary N) is 1. The first-order valence-corrected chi connectivity index (χ1v) is 5.30. The molecule has 0 spiro atoms. The van der Waals surface area contributed by atoms with E-state index in [9.17, 15) is 9.59 Å². The molecule has 1 heterocycles. The van der Waals surface area contributed by atoms with Gasteiger partial charge in [0.25, 0.3) is 5.91 Å². The van der Waals surface area contributed by atoms with E-state index in [-0.39, 0.29) is 18.2 Å². The van der Waals surface area contributed by atoms with E-state index in [1.165, 1.54) is 10.6 Å². The molecule has 0 unspecified atom stereocenters. The third kappa shape index (κ3) is 1.91. The Hall–Kier alpha value is -1.84. The monoisotopic (exact) mass is 218 g/mol. The summed E-state index contributed by atoms with van der Waals surface area (Å²) in [6.45, 7) is 4.22. The first kappa shape index (κ1) is 10.7. The van der Waals surface area contributed by atoms with E-state index in [0.29, 0.717) is 11.6 Å². The van der Waals surface area contributed by atoms with Crippen LogP contribution in [0.3, 0.4) is 0 Å². The van der Waals surface area contributed by atoms with Gasteiger partial charge in [-0.2, -0.15) is 0 Å². The molecule has 1 aliphatic heterocycles. The molecule has 2 amide bonds. The zero-order valence-electron chi connectivity index (χ0n) is 9.36. The second-order valence-electron chi connectivity index (χ2n) is 4.19. The van der Waals surface area contributed by atoms with Crippen molar-refractivity contribution in [2.75, 3.05) is 5.01 Å². The minimum Gasteiger partial charge on any atom is -0.273 e. The van der Waals surface area contributed by atoms with E-state index in [1.807, 2.05) is 24.3 Å². The summed E-state index contributed by atoms with van der Waals surface area (Å²) < 4.78 is 0. The molecule has 0 bridgehead atoms. The predicted molar refractivity (Wildman–Crippen MR) is 60.8 cm³/mol. The average molecular weight is 218 g/mol. The number of benzene rings is 1. The van der Waals surface area contributed by atoms with E-state index in [4.69, 9.17) is 0 Å². The summed E-state index contributed by atoms with van der Waals surface area (Å²) in [5, 5.41) is 1.30. The molecule has 16 heavy (non-hydrogen) atoms. The molecule has 1 aromatic carbocycles. The normalized spacial score (nSPS) is 15.8. The third-order valence-corrected chi connectivity index (χ3v) is 2.62. The molecule has 4 heteroatoms. The standard InChI is InChI=1S/C12H14N2O2/c1-8(2)9-3-5-10(6-4-9)14-12(16)7-11(15)13-14/h3-6,8H,7H2,1-2H3,(H,13,15). The van der Waals surface area contributed by atoms with Gasteiger partial charge in [-0.15, -0.1) is 0 Å². The minimum atomic E-state index is -0.252. The molecule has 0 saturated carbocycles. The fourth-order valence-electron chi connectivity index (χ4n) is 1.66. The Labute approximate surface area is 94.2 Å². The van der Waals surface area contributed by atoms with Crippen molar-refractivity contribution in [2.24, 2.45) is 0 Å². The summed E-state index contributed by atoms with van der Waals surface area (Å²) in [4.78, 5) is 22.5. The number of carbonyl (C=O) groups is 2. The zero-order chi connectivity index (χ0) is 11.7. The van der Waals surface area contributed by atoms with Crippen LogP contribution in [0.2, 0.25) is 0 Å². The molecule has 1 fully saturated rings. The molecule has 2 rings (SSSR count). The minimum absolute atomic E-state index is 0.0636. The highest BCUT2D eigenvalue weighted by atomic mass is 16.2. The number of hydrogen-bond donors (Lipinski definition) is 1. The first-order chi connectivity index (χ1) is 7.58. The maximum atomic E-state index is 11.4. The molecular formula is C12H14N2O2. The van der Waals surface area contributed by atoms with E-state index in [1.54, 1.807) is 0 Å². The topological polar surface area (TPSA) is 49.4 Å². The van der Waals surface area contributed by atoms with Crippen molar-refractivity contribution in [3.05, 3.63) is 29.8 Å². The number of anilines is 1. The van der Waals surface area contributed by atoms with Crippen LogP contribution < -0.4 is 10.4 Å². The van der Waals surface area contributed by atoms with Crippen LogP contribution in [0, 0.1) is 0 Å². The third-order valence-electron chi connectivity index (χ3n) is 2.62. The van der Waals surface area contributed by atoms with Crippen molar-refractivity contribution >= 4 is 17.5 Å². The Balaban J connectivity index is 2.22. The summed E-state index contributed by atoms with van der Waals surface area (Å²) >= 11 is 0. The van der Waals surface area contributed by atoms with Crippen LogP contribution in [0.4, 0.5) is 5.69 Å². The zero-order valence-corrected chi connectivity index (χ0v) is 9.36. The lowest BCUT2D eigenvalue weighted by molar-refractivity contribution is -0.122. The fourth-order valence-corrected chi connectivity index (χ4v) is 1.66. The van der Waals surface area contributed by atoms with Gasteiger partial charge in [0.05, 0.1) is 5.69 Å². The SMILES string of the molecule is CC(C)c1ccc(N2NC(=O)CC2=O)cc1. The molecule has 1 aromatic rings. The highest BCUT2D eigenvalue weighted by molar-refractivity contribution is 6.11. The van der Waals surface area contributed by atoms with E-state index in [0.717, 1.165) is 0 Å². The molecule has 0 atom stereocenters. The van der Waals surface area contributed by atoms with Gasteiger partial charge < -0.3 is 0 Å². The molecule has 1 aliphatic rings. The Kier molecular flexibility index (Phi) is 2.64. The van der Waals surface area contributed by atoms with Crippen LogP contribution in [0.1, 0.15) is 31.7 Å². The maximum absolute atomic E-state index is 11.4. The van der Waals surface area contributed by atoms with Crippen molar-refractivity contribution in [2.45, 2.75) is 26.2 Å². The molecule has 84 valence electrons. The highest BCUT2D eigenvalue weighted by Crippen LogP contribution is 2.21. The second-order valence-corrected chi connectivity index (χ2v) is 4.19. The van der Waals surface area contributed by atoms with Crippen molar-refractivity contribution in [1.82, 2.24) is 5.43 Å². The van der Waals surface area contributed by atoms with Gasteiger partial charge in [-0.1, -0.05) is 26.0 Å². The lowest BCUT2D eigenvalue weighted by Gasteiger charge is -2.16. The first-order valence-electron chi connectivity index (χ1n) is 5.30.